The summed E-state index contributed by atoms with van der Waals surface area (Å²) < 4.78 is 15.8. The van der Waals surface area contributed by atoms with E-state index in [4.69, 9.17) is 13.9 Å². The minimum absolute atomic E-state index is 0.171. The van der Waals surface area contributed by atoms with Gasteiger partial charge in [0.1, 0.15) is 0 Å². The minimum Gasteiger partial charge on any atom is -0.493 e. The summed E-state index contributed by atoms with van der Waals surface area (Å²) >= 11 is 0. The van der Waals surface area contributed by atoms with Crippen molar-refractivity contribution in [3.8, 4) is 11.5 Å². The van der Waals surface area contributed by atoms with Crippen molar-refractivity contribution in [1.82, 2.24) is 5.32 Å². The number of carbonyl (C=O) groups excluding carboxylic acids is 1. The van der Waals surface area contributed by atoms with E-state index in [1.165, 1.54) is 6.26 Å². The molecule has 1 aliphatic rings. The van der Waals surface area contributed by atoms with Gasteiger partial charge < -0.3 is 19.2 Å². The maximum Gasteiger partial charge on any atom is 0.223 e. The second-order valence-electron chi connectivity index (χ2n) is 4.94. The fourth-order valence-corrected chi connectivity index (χ4v) is 2.56. The zero-order valence-corrected chi connectivity index (χ0v) is 12.5. The standard InChI is InChI=1S/C17H17NO4/c1-20-16-8-11-5-6-18-13(12(11)9-17(16)21-2)10-14(19)15-4-3-7-22-15/h3-4,7-10,18H,5-6H2,1-2H3. The van der Waals surface area contributed by atoms with Crippen LogP contribution in [-0.2, 0) is 6.42 Å². The molecule has 0 atom stereocenters. The number of hydrogen-bond donors (Lipinski definition) is 1. The number of allylic oxidation sites excluding steroid dienone is 1. The van der Waals surface area contributed by atoms with Crippen molar-refractivity contribution >= 4 is 11.5 Å². The summed E-state index contributed by atoms with van der Waals surface area (Å²) in [7, 11) is 3.21. The molecule has 1 aliphatic heterocycles. The molecule has 0 unspecified atom stereocenters. The summed E-state index contributed by atoms with van der Waals surface area (Å²) in [5, 5.41) is 3.26. The normalized spacial score (nSPS) is 15.1. The zero-order chi connectivity index (χ0) is 15.5. The summed E-state index contributed by atoms with van der Waals surface area (Å²) in [6.45, 7) is 0.764. The number of nitrogens with one attached hydrogen (secondary N) is 1. The van der Waals surface area contributed by atoms with Gasteiger partial charge in [-0.2, -0.15) is 0 Å². The highest BCUT2D eigenvalue weighted by molar-refractivity contribution is 6.06. The number of furan rings is 1. The monoisotopic (exact) mass is 299 g/mol. The second-order valence-corrected chi connectivity index (χ2v) is 4.94. The van der Waals surface area contributed by atoms with E-state index < -0.39 is 0 Å². The Morgan fingerprint density at radius 2 is 2.05 bits per heavy atom. The Kier molecular flexibility index (Phi) is 3.87. The second kappa shape index (κ2) is 5.97. The molecule has 114 valence electrons. The molecule has 0 fully saturated rings. The van der Waals surface area contributed by atoms with Gasteiger partial charge in [0.05, 0.1) is 20.5 Å². The van der Waals surface area contributed by atoms with Crippen LogP contribution in [0.3, 0.4) is 0 Å². The smallest absolute Gasteiger partial charge is 0.223 e. The lowest BCUT2D eigenvalue weighted by atomic mass is 9.96. The fraction of sp³-hybridized carbons (Fsp3) is 0.235. The molecular weight excluding hydrogens is 282 g/mol. The van der Waals surface area contributed by atoms with Gasteiger partial charge in [-0.1, -0.05) is 0 Å². The number of ether oxygens (including phenoxy) is 2. The molecule has 0 saturated carbocycles. The van der Waals surface area contributed by atoms with Crippen molar-refractivity contribution in [2.75, 3.05) is 20.8 Å². The van der Waals surface area contributed by atoms with E-state index in [0.29, 0.717) is 17.3 Å². The summed E-state index contributed by atoms with van der Waals surface area (Å²) in [6.07, 6.45) is 3.91. The summed E-state index contributed by atoms with van der Waals surface area (Å²) in [4.78, 5) is 12.2. The molecule has 0 bridgehead atoms. The summed E-state index contributed by atoms with van der Waals surface area (Å²) in [5.41, 5.74) is 2.84. The third kappa shape index (κ3) is 2.57. The molecule has 0 amide bonds. The van der Waals surface area contributed by atoms with E-state index in [2.05, 4.69) is 5.32 Å². The van der Waals surface area contributed by atoms with Gasteiger partial charge >= 0.3 is 0 Å². The van der Waals surface area contributed by atoms with E-state index in [1.54, 1.807) is 32.4 Å². The molecule has 0 radical (unpaired) electrons. The first-order valence-electron chi connectivity index (χ1n) is 7.01. The van der Waals surface area contributed by atoms with E-state index in [9.17, 15) is 4.79 Å². The van der Waals surface area contributed by atoms with Crippen LogP contribution in [0.4, 0.5) is 0 Å². The fourth-order valence-electron chi connectivity index (χ4n) is 2.56. The number of ketones is 1. The van der Waals surface area contributed by atoms with Crippen LogP contribution in [0.1, 0.15) is 21.7 Å². The average Bonchev–Trinajstić information content (AvgIpc) is 3.08. The van der Waals surface area contributed by atoms with Gasteiger partial charge in [0.2, 0.25) is 5.78 Å². The van der Waals surface area contributed by atoms with Crippen molar-refractivity contribution < 1.29 is 18.7 Å². The first-order valence-corrected chi connectivity index (χ1v) is 7.01. The molecule has 0 saturated heterocycles. The number of hydrogen-bond acceptors (Lipinski definition) is 5. The Morgan fingerprint density at radius 1 is 1.27 bits per heavy atom. The lowest BCUT2D eigenvalue weighted by Gasteiger charge is -2.22. The maximum absolute atomic E-state index is 12.2. The van der Waals surface area contributed by atoms with Crippen LogP contribution in [0.5, 0.6) is 11.5 Å². The van der Waals surface area contributed by atoms with Crippen molar-refractivity contribution in [2.45, 2.75) is 6.42 Å². The van der Waals surface area contributed by atoms with E-state index in [-0.39, 0.29) is 5.78 Å². The molecule has 2 aromatic rings. The Balaban J connectivity index is 2.02. The van der Waals surface area contributed by atoms with Crippen LogP contribution in [0.15, 0.2) is 41.0 Å². The quantitative estimate of drug-likeness (QED) is 0.694. The van der Waals surface area contributed by atoms with Crippen molar-refractivity contribution in [3.63, 3.8) is 0 Å². The number of benzene rings is 1. The maximum atomic E-state index is 12.2. The molecule has 0 aliphatic carbocycles. The van der Waals surface area contributed by atoms with Gasteiger partial charge in [-0.3, -0.25) is 4.79 Å². The Morgan fingerprint density at radius 3 is 2.73 bits per heavy atom. The van der Waals surface area contributed by atoms with Gasteiger partial charge in [-0.15, -0.1) is 0 Å². The lowest BCUT2D eigenvalue weighted by Crippen LogP contribution is -2.23. The van der Waals surface area contributed by atoms with Crippen molar-refractivity contribution in [3.05, 3.63) is 53.5 Å². The predicted molar refractivity (Wildman–Crippen MR) is 82.3 cm³/mol. The number of methoxy groups -OCH3 is 2. The van der Waals surface area contributed by atoms with Gasteiger partial charge in [-0.25, -0.2) is 0 Å². The molecule has 1 aromatic heterocycles. The van der Waals surface area contributed by atoms with Gasteiger partial charge in [0, 0.05) is 23.9 Å². The summed E-state index contributed by atoms with van der Waals surface area (Å²) in [6, 6.07) is 7.20. The van der Waals surface area contributed by atoms with Crippen LogP contribution in [0, 0.1) is 0 Å². The number of fused-ring (bicyclic) bond motifs is 1. The number of rotatable bonds is 4. The third-order valence-corrected chi connectivity index (χ3v) is 3.65. The van der Waals surface area contributed by atoms with E-state index >= 15 is 0 Å². The van der Waals surface area contributed by atoms with Crippen LogP contribution < -0.4 is 14.8 Å². The molecule has 1 aromatic carbocycles. The van der Waals surface area contributed by atoms with Crippen LogP contribution >= 0.6 is 0 Å². The molecule has 2 heterocycles. The Hall–Kier alpha value is -2.69. The largest absolute Gasteiger partial charge is 0.493 e. The molecule has 1 N–H and O–H groups in total. The van der Waals surface area contributed by atoms with Gasteiger partial charge in [0.15, 0.2) is 17.3 Å². The molecule has 3 rings (SSSR count). The number of carbonyl (C=O) groups is 1. The lowest BCUT2D eigenvalue weighted by molar-refractivity contribution is 0.102. The first-order chi connectivity index (χ1) is 10.7. The highest BCUT2D eigenvalue weighted by Gasteiger charge is 2.19. The van der Waals surface area contributed by atoms with Crippen molar-refractivity contribution in [1.29, 1.82) is 0 Å². The van der Waals surface area contributed by atoms with Crippen LogP contribution in [-0.4, -0.2) is 26.5 Å². The van der Waals surface area contributed by atoms with Gasteiger partial charge in [0.25, 0.3) is 0 Å². The zero-order valence-electron chi connectivity index (χ0n) is 12.5. The average molecular weight is 299 g/mol. The molecular formula is C17H17NO4. The minimum atomic E-state index is -0.171. The molecule has 5 nitrogen and oxygen atoms in total. The predicted octanol–water partition coefficient (Wildman–Crippen LogP) is 2.67. The van der Waals surface area contributed by atoms with Crippen molar-refractivity contribution in [2.24, 2.45) is 0 Å². The Bertz CT molecular complexity index is 717. The molecule has 0 spiro atoms. The SMILES string of the molecule is COc1cc2c(cc1OC)C(=CC(=O)c1ccco1)NCC2. The topological polar surface area (TPSA) is 60.7 Å². The van der Waals surface area contributed by atoms with Crippen LogP contribution in [0.25, 0.3) is 5.70 Å². The highest BCUT2D eigenvalue weighted by Crippen LogP contribution is 2.34. The van der Waals surface area contributed by atoms with E-state index in [1.807, 2.05) is 12.1 Å². The molecule has 22 heavy (non-hydrogen) atoms. The third-order valence-electron chi connectivity index (χ3n) is 3.65. The highest BCUT2D eigenvalue weighted by atomic mass is 16.5. The van der Waals surface area contributed by atoms with E-state index in [0.717, 1.165) is 29.8 Å². The van der Waals surface area contributed by atoms with Crippen LogP contribution in [0.2, 0.25) is 0 Å². The Labute approximate surface area is 128 Å². The van der Waals surface area contributed by atoms with Gasteiger partial charge in [-0.05, 0) is 36.2 Å². The summed E-state index contributed by atoms with van der Waals surface area (Å²) in [5.74, 6) is 1.48. The first kappa shape index (κ1) is 14.3. The molecule has 5 heteroatoms.